The quantitative estimate of drug-likeness (QED) is 0.439. The Balaban J connectivity index is 1.30. The van der Waals surface area contributed by atoms with Crippen LogP contribution in [-0.2, 0) is 17.6 Å². The third-order valence-electron chi connectivity index (χ3n) is 5.52. The van der Waals surface area contributed by atoms with Gasteiger partial charge in [-0.2, -0.15) is 8.78 Å². The Morgan fingerprint density at radius 3 is 2.53 bits per heavy atom. The number of fused-ring (bicyclic) bond motifs is 1. The number of ether oxygens (including phenoxy) is 1. The van der Waals surface area contributed by atoms with Gasteiger partial charge in [0.2, 0.25) is 5.91 Å². The SMILES string of the molecule is O=C(NCCc1ccc(OC(F)F)cc1)c1ccccc1SCC(=O)N1CCc2ccccc21. The molecule has 5 nitrogen and oxygen atoms in total. The van der Waals surface area contributed by atoms with Gasteiger partial charge in [-0.1, -0.05) is 42.5 Å². The van der Waals surface area contributed by atoms with Crippen molar-refractivity contribution in [1.82, 2.24) is 5.32 Å². The minimum Gasteiger partial charge on any atom is -0.435 e. The summed E-state index contributed by atoms with van der Waals surface area (Å²) < 4.78 is 28.8. The maximum Gasteiger partial charge on any atom is 0.387 e. The summed E-state index contributed by atoms with van der Waals surface area (Å²) in [4.78, 5) is 28.2. The molecule has 1 heterocycles. The Kier molecular flexibility index (Phi) is 7.80. The summed E-state index contributed by atoms with van der Waals surface area (Å²) in [6, 6.07) is 21.5. The van der Waals surface area contributed by atoms with Crippen molar-refractivity contribution >= 4 is 29.3 Å². The van der Waals surface area contributed by atoms with Crippen molar-refractivity contribution in [3.05, 3.63) is 89.5 Å². The summed E-state index contributed by atoms with van der Waals surface area (Å²) in [7, 11) is 0. The van der Waals surface area contributed by atoms with E-state index in [0.717, 1.165) is 22.6 Å². The number of carbonyl (C=O) groups is 2. The van der Waals surface area contributed by atoms with Gasteiger partial charge in [-0.25, -0.2) is 0 Å². The van der Waals surface area contributed by atoms with Gasteiger partial charge >= 0.3 is 6.61 Å². The third-order valence-corrected chi connectivity index (χ3v) is 6.58. The van der Waals surface area contributed by atoms with E-state index in [1.54, 1.807) is 24.3 Å². The molecule has 1 aliphatic heterocycles. The van der Waals surface area contributed by atoms with Crippen molar-refractivity contribution in [2.24, 2.45) is 0 Å². The molecule has 0 atom stereocenters. The maximum atomic E-state index is 12.8. The van der Waals surface area contributed by atoms with Crippen molar-refractivity contribution in [3.63, 3.8) is 0 Å². The average molecular weight is 483 g/mol. The number of rotatable bonds is 9. The molecule has 0 radical (unpaired) electrons. The second kappa shape index (κ2) is 11.2. The fourth-order valence-electron chi connectivity index (χ4n) is 3.85. The number of halogens is 2. The summed E-state index contributed by atoms with van der Waals surface area (Å²) in [6.45, 7) is -1.79. The van der Waals surface area contributed by atoms with Gasteiger partial charge in [0, 0.05) is 23.7 Å². The lowest BCUT2D eigenvalue weighted by Gasteiger charge is -2.17. The van der Waals surface area contributed by atoms with E-state index >= 15 is 0 Å². The van der Waals surface area contributed by atoms with E-state index in [1.807, 2.05) is 41.3 Å². The van der Waals surface area contributed by atoms with Crippen LogP contribution in [0.5, 0.6) is 5.75 Å². The molecule has 3 aromatic rings. The highest BCUT2D eigenvalue weighted by Crippen LogP contribution is 2.29. The van der Waals surface area contributed by atoms with Crippen LogP contribution in [-0.4, -0.2) is 37.3 Å². The number of nitrogens with zero attached hydrogens (tertiary/aromatic N) is 1. The minimum absolute atomic E-state index is 0.0180. The molecule has 2 amide bonds. The smallest absolute Gasteiger partial charge is 0.387 e. The fraction of sp³-hybridized carbons (Fsp3) is 0.231. The van der Waals surface area contributed by atoms with Crippen LogP contribution in [0.15, 0.2) is 77.7 Å². The second-order valence-corrected chi connectivity index (χ2v) is 8.75. The number of thioether (sulfide) groups is 1. The number of anilines is 1. The highest BCUT2D eigenvalue weighted by Gasteiger charge is 2.24. The highest BCUT2D eigenvalue weighted by molar-refractivity contribution is 8.00. The molecule has 0 unspecified atom stereocenters. The number of hydrogen-bond acceptors (Lipinski definition) is 4. The van der Waals surface area contributed by atoms with Crippen LogP contribution in [0.4, 0.5) is 14.5 Å². The molecular weight excluding hydrogens is 458 g/mol. The zero-order valence-corrected chi connectivity index (χ0v) is 19.2. The first-order chi connectivity index (χ1) is 16.5. The summed E-state index contributed by atoms with van der Waals surface area (Å²) in [5, 5.41) is 2.89. The predicted molar refractivity (Wildman–Crippen MR) is 129 cm³/mol. The van der Waals surface area contributed by atoms with E-state index in [2.05, 4.69) is 10.1 Å². The van der Waals surface area contributed by atoms with Crippen molar-refractivity contribution in [2.45, 2.75) is 24.3 Å². The summed E-state index contributed by atoms with van der Waals surface area (Å²) in [5.41, 5.74) is 3.55. The summed E-state index contributed by atoms with van der Waals surface area (Å²) >= 11 is 1.35. The van der Waals surface area contributed by atoms with Gasteiger partial charge in [0.05, 0.1) is 11.3 Å². The Hall–Kier alpha value is -3.39. The van der Waals surface area contributed by atoms with Crippen LogP contribution in [0, 0.1) is 0 Å². The van der Waals surface area contributed by atoms with Crippen LogP contribution in [0.2, 0.25) is 0 Å². The van der Waals surface area contributed by atoms with E-state index in [0.29, 0.717) is 25.1 Å². The number of para-hydroxylation sites is 1. The van der Waals surface area contributed by atoms with Gasteiger partial charge in [0.25, 0.3) is 5.91 Å². The molecule has 0 bridgehead atoms. The van der Waals surface area contributed by atoms with Crippen LogP contribution in [0.3, 0.4) is 0 Å². The standard InChI is InChI=1S/C26H24F2N2O3S/c27-26(28)33-20-11-9-18(10-12-20)13-15-29-25(32)21-6-2-4-8-23(21)34-17-24(31)30-16-14-19-5-1-3-7-22(19)30/h1-12,26H,13-17H2,(H,29,32). The van der Waals surface area contributed by atoms with Crippen LogP contribution in [0.25, 0.3) is 0 Å². The van der Waals surface area contributed by atoms with Crippen LogP contribution >= 0.6 is 11.8 Å². The molecule has 176 valence electrons. The number of hydrogen-bond donors (Lipinski definition) is 1. The van der Waals surface area contributed by atoms with Crippen LogP contribution in [0.1, 0.15) is 21.5 Å². The molecule has 0 saturated carbocycles. The molecule has 0 aromatic heterocycles. The van der Waals surface area contributed by atoms with E-state index in [1.165, 1.54) is 29.5 Å². The van der Waals surface area contributed by atoms with E-state index in [9.17, 15) is 18.4 Å². The van der Waals surface area contributed by atoms with Crippen molar-refractivity contribution in [1.29, 1.82) is 0 Å². The average Bonchev–Trinajstić information content (AvgIpc) is 3.28. The lowest BCUT2D eigenvalue weighted by molar-refractivity contribution is -0.116. The molecule has 34 heavy (non-hydrogen) atoms. The number of carbonyl (C=O) groups excluding carboxylic acids is 2. The Bertz CT molecular complexity index is 1150. The zero-order chi connectivity index (χ0) is 23.9. The highest BCUT2D eigenvalue weighted by atomic mass is 32.2. The number of alkyl halides is 2. The minimum atomic E-state index is -2.86. The third kappa shape index (κ3) is 5.94. The predicted octanol–water partition coefficient (Wildman–Crippen LogP) is 4.94. The zero-order valence-electron chi connectivity index (χ0n) is 18.4. The Morgan fingerprint density at radius 2 is 1.74 bits per heavy atom. The van der Waals surface area contributed by atoms with Crippen LogP contribution < -0.4 is 15.0 Å². The monoisotopic (exact) mass is 482 g/mol. The number of benzene rings is 3. The van der Waals surface area contributed by atoms with Gasteiger partial charge in [0.15, 0.2) is 0 Å². The molecule has 1 aliphatic rings. The largest absolute Gasteiger partial charge is 0.435 e. The lowest BCUT2D eigenvalue weighted by Crippen LogP contribution is -2.30. The van der Waals surface area contributed by atoms with Crippen molar-refractivity contribution in [3.8, 4) is 5.75 Å². The molecule has 8 heteroatoms. The molecule has 3 aromatic carbocycles. The van der Waals surface area contributed by atoms with Gasteiger partial charge < -0.3 is 15.0 Å². The summed E-state index contributed by atoms with van der Waals surface area (Å²) in [6.07, 6.45) is 1.40. The number of amides is 2. The molecule has 4 rings (SSSR count). The Labute approximate surface area is 201 Å². The van der Waals surface area contributed by atoms with E-state index in [4.69, 9.17) is 0 Å². The molecule has 0 spiro atoms. The van der Waals surface area contributed by atoms with Crippen molar-refractivity contribution in [2.75, 3.05) is 23.7 Å². The summed E-state index contributed by atoms with van der Waals surface area (Å²) in [5.74, 6) is 0.135. The van der Waals surface area contributed by atoms with Gasteiger partial charge in [-0.05, 0) is 54.3 Å². The lowest BCUT2D eigenvalue weighted by atomic mass is 10.1. The fourth-order valence-corrected chi connectivity index (χ4v) is 4.77. The Morgan fingerprint density at radius 1 is 1.00 bits per heavy atom. The van der Waals surface area contributed by atoms with Crippen molar-refractivity contribution < 1.29 is 23.1 Å². The molecular formula is C26H24F2N2O3S. The second-order valence-electron chi connectivity index (χ2n) is 7.74. The molecule has 1 N–H and O–H groups in total. The first-order valence-electron chi connectivity index (χ1n) is 10.9. The molecule has 0 aliphatic carbocycles. The van der Waals surface area contributed by atoms with E-state index < -0.39 is 6.61 Å². The topological polar surface area (TPSA) is 58.6 Å². The maximum absolute atomic E-state index is 12.8. The van der Waals surface area contributed by atoms with E-state index in [-0.39, 0.29) is 23.3 Å². The van der Waals surface area contributed by atoms with Gasteiger partial charge in [0.1, 0.15) is 5.75 Å². The molecule has 0 saturated heterocycles. The van der Waals surface area contributed by atoms with Gasteiger partial charge in [-0.3, -0.25) is 9.59 Å². The first kappa shape index (κ1) is 23.8. The molecule has 0 fully saturated rings. The first-order valence-corrected chi connectivity index (χ1v) is 11.9. The van der Waals surface area contributed by atoms with Gasteiger partial charge in [-0.15, -0.1) is 11.8 Å². The normalized spacial score (nSPS) is 12.5. The number of nitrogens with one attached hydrogen (secondary N) is 1.